The molecule has 3 nitrogen and oxygen atoms in total. The number of hydrogen-bond acceptors (Lipinski definition) is 3. The lowest BCUT2D eigenvalue weighted by Crippen LogP contribution is -2.35. The summed E-state index contributed by atoms with van der Waals surface area (Å²) in [5.41, 5.74) is 0. The topological polar surface area (TPSA) is 41.1 Å². The molecule has 1 saturated heterocycles. The molecule has 0 saturated carbocycles. The first kappa shape index (κ1) is 13.0. The molecule has 15 heavy (non-hydrogen) atoms. The van der Waals surface area contributed by atoms with Gasteiger partial charge >= 0.3 is 0 Å². The number of thiophene rings is 1. The lowest BCUT2D eigenvalue weighted by atomic mass is 10.2. The van der Waals surface area contributed by atoms with E-state index in [0.29, 0.717) is 6.04 Å². The van der Waals surface area contributed by atoms with Crippen LogP contribution in [-0.4, -0.2) is 25.0 Å². The highest BCUT2D eigenvalue weighted by Gasteiger charge is 2.18. The molecular weight excluding hydrogens is 300 g/mol. The third kappa shape index (κ3) is 3.45. The van der Waals surface area contributed by atoms with Crippen LogP contribution in [0.25, 0.3) is 0 Å². The van der Waals surface area contributed by atoms with E-state index in [1.165, 1.54) is 11.3 Å². The number of carbonyl (C=O) groups excluding carboxylic acids is 1. The minimum absolute atomic E-state index is 0. The van der Waals surface area contributed by atoms with E-state index >= 15 is 0 Å². The number of nitrogens with one attached hydrogen (secondary N) is 2. The quantitative estimate of drug-likeness (QED) is 0.877. The molecule has 0 spiro atoms. The molecule has 2 heterocycles. The summed E-state index contributed by atoms with van der Waals surface area (Å²) in [6.07, 6.45) is 1.03. The smallest absolute Gasteiger partial charge is 0.261 e. The van der Waals surface area contributed by atoms with E-state index in [2.05, 4.69) is 26.6 Å². The molecule has 1 fully saturated rings. The van der Waals surface area contributed by atoms with Crippen LogP contribution in [0.4, 0.5) is 0 Å². The molecule has 1 aliphatic rings. The molecule has 0 bridgehead atoms. The fourth-order valence-electron chi connectivity index (χ4n) is 1.47. The normalized spacial score (nSPS) is 19.7. The van der Waals surface area contributed by atoms with Gasteiger partial charge in [0.15, 0.2) is 0 Å². The Hall–Kier alpha value is -0.100. The largest absolute Gasteiger partial charge is 0.347 e. The molecule has 1 aromatic rings. The molecule has 1 atom stereocenters. The molecule has 1 aliphatic heterocycles. The average molecular weight is 312 g/mol. The Morgan fingerprint density at radius 2 is 2.47 bits per heavy atom. The molecular formula is C9H12BrClN2OS. The van der Waals surface area contributed by atoms with Gasteiger partial charge in [0.25, 0.3) is 5.91 Å². The van der Waals surface area contributed by atoms with Crippen molar-refractivity contribution in [3.8, 4) is 0 Å². The number of amides is 1. The molecule has 1 aromatic heterocycles. The maximum absolute atomic E-state index is 11.7. The van der Waals surface area contributed by atoms with Crippen molar-refractivity contribution in [1.82, 2.24) is 10.6 Å². The average Bonchev–Trinajstić information content (AvgIpc) is 2.75. The summed E-state index contributed by atoms with van der Waals surface area (Å²) in [6, 6.07) is 2.14. The molecule has 2 N–H and O–H groups in total. The van der Waals surface area contributed by atoms with Crippen LogP contribution in [0.2, 0.25) is 0 Å². The second kappa shape index (κ2) is 5.84. The highest BCUT2D eigenvalue weighted by molar-refractivity contribution is 9.10. The zero-order chi connectivity index (χ0) is 9.97. The molecule has 1 unspecified atom stereocenters. The van der Waals surface area contributed by atoms with Gasteiger partial charge in [-0.3, -0.25) is 4.79 Å². The highest BCUT2D eigenvalue weighted by atomic mass is 79.9. The fourth-order valence-corrected chi connectivity index (χ4v) is 2.80. The van der Waals surface area contributed by atoms with Crippen molar-refractivity contribution >= 4 is 45.6 Å². The van der Waals surface area contributed by atoms with E-state index < -0.39 is 0 Å². The van der Waals surface area contributed by atoms with Gasteiger partial charge in [-0.1, -0.05) is 0 Å². The number of carbonyl (C=O) groups is 1. The SMILES string of the molecule is Cl.O=C(NC1CCNC1)c1cc(Br)cs1. The monoisotopic (exact) mass is 310 g/mol. The highest BCUT2D eigenvalue weighted by Crippen LogP contribution is 2.19. The molecule has 6 heteroatoms. The lowest BCUT2D eigenvalue weighted by Gasteiger charge is -2.09. The van der Waals surface area contributed by atoms with Crippen LogP contribution in [0.1, 0.15) is 16.1 Å². The van der Waals surface area contributed by atoms with Crippen molar-refractivity contribution < 1.29 is 4.79 Å². The van der Waals surface area contributed by atoms with Gasteiger partial charge in [0.05, 0.1) is 4.88 Å². The van der Waals surface area contributed by atoms with Gasteiger partial charge < -0.3 is 10.6 Å². The predicted octanol–water partition coefficient (Wildman–Crippen LogP) is 2.02. The van der Waals surface area contributed by atoms with Crippen LogP contribution >= 0.6 is 39.7 Å². The van der Waals surface area contributed by atoms with Gasteiger partial charge in [0.1, 0.15) is 0 Å². The summed E-state index contributed by atoms with van der Waals surface area (Å²) < 4.78 is 0.970. The van der Waals surface area contributed by atoms with Crippen molar-refractivity contribution in [2.75, 3.05) is 13.1 Å². The van der Waals surface area contributed by atoms with Gasteiger partial charge in [-0.15, -0.1) is 23.7 Å². The standard InChI is InChI=1S/C9H11BrN2OS.ClH/c10-6-3-8(14-5-6)9(13)12-7-1-2-11-4-7;/h3,5,7,11H,1-2,4H2,(H,12,13);1H. The maximum Gasteiger partial charge on any atom is 0.261 e. The van der Waals surface area contributed by atoms with Crippen LogP contribution < -0.4 is 10.6 Å². The van der Waals surface area contributed by atoms with E-state index in [0.717, 1.165) is 28.9 Å². The summed E-state index contributed by atoms with van der Waals surface area (Å²) >= 11 is 4.79. The number of hydrogen-bond donors (Lipinski definition) is 2. The molecule has 1 amide bonds. The lowest BCUT2D eigenvalue weighted by molar-refractivity contribution is 0.0944. The third-order valence-electron chi connectivity index (χ3n) is 2.19. The predicted molar refractivity (Wildman–Crippen MR) is 68.0 cm³/mol. The minimum Gasteiger partial charge on any atom is -0.347 e. The first-order chi connectivity index (χ1) is 6.75. The maximum atomic E-state index is 11.7. The third-order valence-corrected chi connectivity index (χ3v) is 3.88. The zero-order valence-corrected chi connectivity index (χ0v) is 11.2. The van der Waals surface area contributed by atoms with Crippen LogP contribution in [0.5, 0.6) is 0 Å². The summed E-state index contributed by atoms with van der Waals surface area (Å²) in [6.45, 7) is 1.89. The molecule has 0 radical (unpaired) electrons. The van der Waals surface area contributed by atoms with Crippen LogP contribution in [0.3, 0.4) is 0 Å². The van der Waals surface area contributed by atoms with E-state index in [9.17, 15) is 4.79 Å². The first-order valence-corrected chi connectivity index (χ1v) is 6.18. The van der Waals surface area contributed by atoms with E-state index in [4.69, 9.17) is 0 Å². The molecule has 0 aromatic carbocycles. The Kier molecular flexibility index (Phi) is 5.05. The van der Waals surface area contributed by atoms with Crippen molar-refractivity contribution in [1.29, 1.82) is 0 Å². The Labute approximate surface area is 107 Å². The second-order valence-corrected chi connectivity index (χ2v) is 5.12. The zero-order valence-electron chi connectivity index (χ0n) is 7.96. The number of halogens is 2. The minimum atomic E-state index is 0. The van der Waals surface area contributed by atoms with Crippen molar-refractivity contribution in [3.05, 3.63) is 20.8 Å². The molecule has 0 aliphatic carbocycles. The summed E-state index contributed by atoms with van der Waals surface area (Å²) in [4.78, 5) is 12.4. The Balaban J connectivity index is 0.00000112. The summed E-state index contributed by atoms with van der Waals surface area (Å²) in [7, 11) is 0. The van der Waals surface area contributed by atoms with Gasteiger partial charge in [0, 0.05) is 22.4 Å². The van der Waals surface area contributed by atoms with Crippen LogP contribution in [-0.2, 0) is 0 Å². The summed E-state index contributed by atoms with van der Waals surface area (Å²) in [5.74, 6) is 0.0365. The Morgan fingerprint density at radius 1 is 1.67 bits per heavy atom. The van der Waals surface area contributed by atoms with Crippen molar-refractivity contribution in [2.24, 2.45) is 0 Å². The van der Waals surface area contributed by atoms with E-state index in [1.807, 2.05) is 11.4 Å². The van der Waals surface area contributed by atoms with Gasteiger partial charge in [0.2, 0.25) is 0 Å². The van der Waals surface area contributed by atoms with Crippen molar-refractivity contribution in [2.45, 2.75) is 12.5 Å². The van der Waals surface area contributed by atoms with E-state index in [1.54, 1.807) is 0 Å². The Morgan fingerprint density at radius 3 is 3.00 bits per heavy atom. The number of rotatable bonds is 2. The fraction of sp³-hybridized carbons (Fsp3) is 0.444. The van der Waals surface area contributed by atoms with Crippen LogP contribution in [0.15, 0.2) is 15.9 Å². The van der Waals surface area contributed by atoms with Gasteiger partial charge in [-0.05, 0) is 35.0 Å². The first-order valence-electron chi connectivity index (χ1n) is 4.51. The summed E-state index contributed by atoms with van der Waals surface area (Å²) in [5, 5.41) is 8.13. The van der Waals surface area contributed by atoms with Crippen LogP contribution in [0, 0.1) is 0 Å². The molecule has 2 rings (SSSR count). The van der Waals surface area contributed by atoms with E-state index in [-0.39, 0.29) is 18.3 Å². The van der Waals surface area contributed by atoms with Gasteiger partial charge in [-0.25, -0.2) is 0 Å². The molecule has 84 valence electrons. The Bertz CT molecular complexity index is 339. The van der Waals surface area contributed by atoms with Crippen molar-refractivity contribution in [3.63, 3.8) is 0 Å². The van der Waals surface area contributed by atoms with Gasteiger partial charge in [-0.2, -0.15) is 0 Å². The second-order valence-electron chi connectivity index (χ2n) is 3.29.